The van der Waals surface area contributed by atoms with E-state index in [1.165, 1.54) is 13.3 Å². The van der Waals surface area contributed by atoms with Crippen LogP contribution in [0.3, 0.4) is 0 Å². The zero-order valence-electron chi connectivity index (χ0n) is 7.05. The summed E-state index contributed by atoms with van der Waals surface area (Å²) < 4.78 is 0. The van der Waals surface area contributed by atoms with Gasteiger partial charge in [0, 0.05) is 0 Å². The number of hydrogen-bond donors (Lipinski definition) is 0. The minimum atomic E-state index is -0.696. The van der Waals surface area contributed by atoms with Gasteiger partial charge < -0.3 is 0 Å². The summed E-state index contributed by atoms with van der Waals surface area (Å²) in [5, 5.41) is 8.82. The Hall–Kier alpha value is -0.840. The van der Waals surface area contributed by atoms with Gasteiger partial charge in [-0.2, -0.15) is 5.26 Å². The smallest absolute Gasteiger partial charge is 0.150 e. The standard InChI is InChI=1S/C9H13NO/c1-7(11)9(2,6-10)8-4-3-5-8/h8H,3-5H2,1-2H3. The van der Waals surface area contributed by atoms with Gasteiger partial charge in [0.15, 0.2) is 0 Å². The molecule has 0 bridgehead atoms. The van der Waals surface area contributed by atoms with Gasteiger partial charge in [-0.15, -0.1) is 0 Å². The summed E-state index contributed by atoms with van der Waals surface area (Å²) in [5.74, 6) is 0.342. The van der Waals surface area contributed by atoms with Gasteiger partial charge in [-0.25, -0.2) is 0 Å². The molecule has 0 aromatic carbocycles. The predicted octanol–water partition coefficient (Wildman–Crippen LogP) is 1.91. The molecule has 0 saturated heterocycles. The summed E-state index contributed by atoms with van der Waals surface area (Å²) >= 11 is 0. The molecular formula is C9H13NO. The molecule has 1 aliphatic carbocycles. The Kier molecular flexibility index (Phi) is 1.99. The van der Waals surface area contributed by atoms with Crippen LogP contribution in [-0.4, -0.2) is 5.78 Å². The van der Waals surface area contributed by atoms with E-state index in [1.807, 2.05) is 0 Å². The Balaban J connectivity index is 2.75. The number of carbonyl (C=O) groups is 1. The van der Waals surface area contributed by atoms with Crippen molar-refractivity contribution in [3.63, 3.8) is 0 Å². The van der Waals surface area contributed by atoms with Gasteiger partial charge in [0.05, 0.1) is 6.07 Å². The van der Waals surface area contributed by atoms with Crippen LogP contribution in [0.5, 0.6) is 0 Å². The molecule has 0 amide bonds. The van der Waals surface area contributed by atoms with Crippen molar-refractivity contribution in [3.05, 3.63) is 0 Å². The Morgan fingerprint density at radius 3 is 2.27 bits per heavy atom. The van der Waals surface area contributed by atoms with Crippen LogP contribution in [0, 0.1) is 22.7 Å². The maximum Gasteiger partial charge on any atom is 0.150 e. The van der Waals surface area contributed by atoms with E-state index in [4.69, 9.17) is 5.26 Å². The number of carbonyl (C=O) groups excluding carboxylic acids is 1. The molecule has 60 valence electrons. The lowest BCUT2D eigenvalue weighted by atomic mass is 9.65. The monoisotopic (exact) mass is 151 g/mol. The van der Waals surface area contributed by atoms with Crippen molar-refractivity contribution in [2.24, 2.45) is 11.3 Å². The van der Waals surface area contributed by atoms with Crippen LogP contribution in [0.4, 0.5) is 0 Å². The summed E-state index contributed by atoms with van der Waals surface area (Å²) in [6.07, 6.45) is 3.27. The van der Waals surface area contributed by atoms with E-state index >= 15 is 0 Å². The van der Waals surface area contributed by atoms with Gasteiger partial charge >= 0.3 is 0 Å². The third-order valence-electron chi connectivity index (χ3n) is 2.89. The largest absolute Gasteiger partial charge is 0.298 e. The van der Waals surface area contributed by atoms with Gasteiger partial charge in [0.25, 0.3) is 0 Å². The lowest BCUT2D eigenvalue weighted by molar-refractivity contribution is -0.126. The fraction of sp³-hybridized carbons (Fsp3) is 0.778. The molecule has 2 heteroatoms. The average Bonchev–Trinajstić information content (AvgIpc) is 1.83. The third-order valence-corrected chi connectivity index (χ3v) is 2.89. The highest BCUT2D eigenvalue weighted by Gasteiger charge is 2.41. The number of nitriles is 1. The second-order valence-corrected chi connectivity index (χ2v) is 3.50. The van der Waals surface area contributed by atoms with Crippen molar-refractivity contribution in [2.75, 3.05) is 0 Å². The van der Waals surface area contributed by atoms with Crippen molar-refractivity contribution in [3.8, 4) is 6.07 Å². The maximum absolute atomic E-state index is 11.1. The lowest BCUT2D eigenvalue weighted by Crippen LogP contribution is -2.36. The first-order chi connectivity index (χ1) is 5.11. The molecule has 0 N–H and O–H groups in total. The van der Waals surface area contributed by atoms with Crippen LogP contribution in [0.1, 0.15) is 33.1 Å². The van der Waals surface area contributed by atoms with Crippen molar-refractivity contribution in [2.45, 2.75) is 33.1 Å². The molecule has 0 aliphatic heterocycles. The molecule has 2 nitrogen and oxygen atoms in total. The van der Waals surface area contributed by atoms with Crippen molar-refractivity contribution in [1.82, 2.24) is 0 Å². The Bertz CT molecular complexity index is 212. The SMILES string of the molecule is CC(=O)C(C)(C#N)C1CCC1. The fourth-order valence-electron chi connectivity index (χ4n) is 1.44. The van der Waals surface area contributed by atoms with Gasteiger partial charge in [0.2, 0.25) is 0 Å². The zero-order chi connectivity index (χ0) is 8.48. The zero-order valence-corrected chi connectivity index (χ0v) is 7.05. The van der Waals surface area contributed by atoms with E-state index in [1.54, 1.807) is 6.92 Å². The molecule has 0 heterocycles. The molecule has 0 spiro atoms. The number of rotatable bonds is 2. The van der Waals surface area contributed by atoms with Gasteiger partial charge in [-0.3, -0.25) is 4.79 Å². The van der Waals surface area contributed by atoms with E-state index < -0.39 is 5.41 Å². The van der Waals surface area contributed by atoms with Gasteiger partial charge in [-0.05, 0) is 32.6 Å². The molecule has 1 atom stereocenters. The molecule has 11 heavy (non-hydrogen) atoms. The minimum absolute atomic E-state index is 0.0182. The summed E-state index contributed by atoms with van der Waals surface area (Å²) in [6.45, 7) is 3.28. The normalized spacial score (nSPS) is 23.0. The molecule has 0 aromatic rings. The second kappa shape index (κ2) is 2.65. The van der Waals surface area contributed by atoms with Gasteiger partial charge in [-0.1, -0.05) is 6.42 Å². The van der Waals surface area contributed by atoms with Crippen LogP contribution in [0.25, 0.3) is 0 Å². The van der Waals surface area contributed by atoms with Crippen LogP contribution < -0.4 is 0 Å². The van der Waals surface area contributed by atoms with E-state index in [9.17, 15) is 4.79 Å². The number of nitrogens with zero attached hydrogens (tertiary/aromatic N) is 1. The Labute approximate surface area is 67.2 Å². The van der Waals surface area contributed by atoms with Crippen molar-refractivity contribution >= 4 is 5.78 Å². The molecule has 1 fully saturated rings. The van der Waals surface area contributed by atoms with E-state index in [-0.39, 0.29) is 5.78 Å². The predicted molar refractivity (Wildman–Crippen MR) is 41.7 cm³/mol. The quantitative estimate of drug-likeness (QED) is 0.604. The maximum atomic E-state index is 11.1. The fourth-order valence-corrected chi connectivity index (χ4v) is 1.44. The molecule has 0 radical (unpaired) electrons. The molecule has 1 saturated carbocycles. The first-order valence-electron chi connectivity index (χ1n) is 4.03. The first-order valence-corrected chi connectivity index (χ1v) is 4.03. The highest BCUT2D eigenvalue weighted by atomic mass is 16.1. The highest BCUT2D eigenvalue weighted by molar-refractivity contribution is 5.85. The highest BCUT2D eigenvalue weighted by Crippen LogP contribution is 2.41. The summed E-state index contributed by atoms with van der Waals surface area (Å²) in [7, 11) is 0. The number of Topliss-reactive ketones (excluding diaryl/α,β-unsaturated/α-hetero) is 1. The molecule has 1 rings (SSSR count). The Morgan fingerprint density at radius 2 is 2.18 bits per heavy atom. The van der Waals surface area contributed by atoms with E-state index in [0.29, 0.717) is 5.92 Å². The summed E-state index contributed by atoms with van der Waals surface area (Å²) in [5.41, 5.74) is -0.696. The number of ketones is 1. The van der Waals surface area contributed by atoms with Crippen LogP contribution >= 0.6 is 0 Å². The van der Waals surface area contributed by atoms with Crippen LogP contribution in [-0.2, 0) is 4.79 Å². The van der Waals surface area contributed by atoms with Crippen molar-refractivity contribution in [1.29, 1.82) is 5.26 Å². The molecule has 0 aromatic heterocycles. The summed E-state index contributed by atoms with van der Waals surface area (Å²) in [6, 6.07) is 2.13. The van der Waals surface area contributed by atoms with E-state index in [0.717, 1.165) is 12.8 Å². The number of hydrogen-bond acceptors (Lipinski definition) is 2. The second-order valence-electron chi connectivity index (χ2n) is 3.50. The molecule has 1 aliphatic rings. The van der Waals surface area contributed by atoms with Crippen LogP contribution in [0.2, 0.25) is 0 Å². The van der Waals surface area contributed by atoms with Crippen LogP contribution in [0.15, 0.2) is 0 Å². The topological polar surface area (TPSA) is 40.9 Å². The van der Waals surface area contributed by atoms with Gasteiger partial charge in [0.1, 0.15) is 11.2 Å². The first kappa shape index (κ1) is 8.26. The van der Waals surface area contributed by atoms with E-state index in [2.05, 4.69) is 6.07 Å². The molecular weight excluding hydrogens is 138 g/mol. The van der Waals surface area contributed by atoms with Crippen molar-refractivity contribution < 1.29 is 4.79 Å². The molecule has 1 unspecified atom stereocenters. The summed E-state index contributed by atoms with van der Waals surface area (Å²) in [4.78, 5) is 11.1. The Morgan fingerprint density at radius 1 is 1.64 bits per heavy atom. The lowest BCUT2D eigenvalue weighted by Gasteiger charge is -2.35. The average molecular weight is 151 g/mol. The third kappa shape index (κ3) is 1.16. The minimum Gasteiger partial charge on any atom is -0.298 e.